The average Bonchev–Trinajstić information content (AvgIpc) is 2.77. The van der Waals surface area contributed by atoms with E-state index in [0.717, 1.165) is 18.4 Å². The van der Waals surface area contributed by atoms with Crippen molar-refractivity contribution in [1.29, 1.82) is 0 Å². The van der Waals surface area contributed by atoms with E-state index in [-0.39, 0.29) is 5.57 Å². The van der Waals surface area contributed by atoms with Gasteiger partial charge in [-0.1, -0.05) is 18.7 Å². The Kier molecular flexibility index (Phi) is 6.98. The van der Waals surface area contributed by atoms with E-state index < -0.39 is 17.4 Å². The molecular formula is C16H24N2O4. The summed E-state index contributed by atoms with van der Waals surface area (Å²) in [4.78, 5) is 24.2. The molecule has 2 atom stereocenters. The quantitative estimate of drug-likeness (QED) is 0.237. The maximum Gasteiger partial charge on any atom is 0.340 e. The van der Waals surface area contributed by atoms with Crippen molar-refractivity contribution >= 4 is 5.97 Å². The van der Waals surface area contributed by atoms with Crippen molar-refractivity contribution < 1.29 is 14.5 Å². The van der Waals surface area contributed by atoms with Crippen LogP contribution in [0.5, 0.6) is 0 Å². The molecule has 0 aromatic rings. The molecule has 1 rings (SSSR count). The van der Waals surface area contributed by atoms with E-state index in [2.05, 4.69) is 30.1 Å². The van der Waals surface area contributed by atoms with Gasteiger partial charge in [-0.05, 0) is 38.3 Å². The van der Waals surface area contributed by atoms with Crippen LogP contribution in [0.4, 0.5) is 0 Å². The van der Waals surface area contributed by atoms with Crippen LogP contribution in [0.1, 0.15) is 26.7 Å². The molecule has 6 nitrogen and oxygen atoms in total. The number of allylic oxidation sites excluding steroid dienone is 2. The van der Waals surface area contributed by atoms with Gasteiger partial charge in [-0.15, -0.1) is 0 Å². The van der Waals surface area contributed by atoms with Crippen molar-refractivity contribution in [3.8, 4) is 0 Å². The summed E-state index contributed by atoms with van der Waals surface area (Å²) in [5.74, 6) is -0.672. The molecule has 0 aliphatic carbocycles. The second-order valence-corrected chi connectivity index (χ2v) is 5.58. The molecule has 0 saturated carbocycles. The summed E-state index contributed by atoms with van der Waals surface area (Å²) in [6.45, 7) is 8.08. The van der Waals surface area contributed by atoms with Gasteiger partial charge in [0.25, 0.3) is 0 Å². The number of rotatable bonds is 7. The number of carbonyl (C=O) groups excluding carboxylic acids is 1. The molecular weight excluding hydrogens is 284 g/mol. The van der Waals surface area contributed by atoms with Crippen LogP contribution in [0.25, 0.3) is 0 Å². The Balaban J connectivity index is 2.99. The van der Waals surface area contributed by atoms with E-state index in [4.69, 9.17) is 0 Å². The summed E-state index contributed by atoms with van der Waals surface area (Å²) in [6.07, 6.45) is 7.21. The van der Waals surface area contributed by atoms with E-state index in [0.29, 0.717) is 18.6 Å². The van der Waals surface area contributed by atoms with Gasteiger partial charge in [-0.2, -0.15) is 0 Å². The van der Waals surface area contributed by atoms with Crippen LogP contribution in [0, 0.1) is 10.1 Å². The minimum Gasteiger partial charge on any atom is -0.465 e. The fourth-order valence-electron chi connectivity index (χ4n) is 2.73. The monoisotopic (exact) mass is 308 g/mol. The van der Waals surface area contributed by atoms with Crippen LogP contribution in [-0.2, 0) is 9.53 Å². The second-order valence-electron chi connectivity index (χ2n) is 5.58. The number of likely N-dealkylation sites (tertiary alicyclic amines) is 1. The molecule has 0 bridgehead atoms. The van der Waals surface area contributed by atoms with E-state index in [1.165, 1.54) is 7.11 Å². The van der Waals surface area contributed by atoms with E-state index in [1.807, 2.05) is 0 Å². The summed E-state index contributed by atoms with van der Waals surface area (Å²) in [5.41, 5.74) is 0.859. The summed E-state index contributed by atoms with van der Waals surface area (Å²) >= 11 is 0. The maximum atomic E-state index is 11.7. The van der Waals surface area contributed by atoms with Crippen LogP contribution in [0.15, 0.2) is 36.0 Å². The largest absolute Gasteiger partial charge is 0.465 e. The Morgan fingerprint density at radius 3 is 2.45 bits per heavy atom. The van der Waals surface area contributed by atoms with Gasteiger partial charge in [0.05, 0.1) is 7.11 Å². The molecule has 1 saturated heterocycles. The first kappa shape index (κ1) is 18.1. The van der Waals surface area contributed by atoms with Gasteiger partial charge in [0.2, 0.25) is 6.54 Å². The highest BCUT2D eigenvalue weighted by molar-refractivity contribution is 5.89. The second kappa shape index (κ2) is 8.48. The first-order valence-electron chi connectivity index (χ1n) is 7.37. The number of methoxy groups -OCH3 is 1. The van der Waals surface area contributed by atoms with E-state index >= 15 is 0 Å². The first-order valence-corrected chi connectivity index (χ1v) is 7.37. The molecule has 0 aromatic carbocycles. The van der Waals surface area contributed by atoms with Gasteiger partial charge in [-0.3, -0.25) is 15.0 Å². The number of esters is 1. The molecule has 0 spiro atoms. The molecule has 1 aliphatic heterocycles. The van der Waals surface area contributed by atoms with Crippen LogP contribution < -0.4 is 0 Å². The lowest BCUT2D eigenvalue weighted by Gasteiger charge is -2.26. The molecule has 1 heterocycles. The standard InChI is InChI=1S/C16H24N2O4/c1-5-6-14(10-17-12(2)7-8-13(17)3)9-15(11-18(20)21)16(19)22-4/h5-6,9,12-13H,1,7-8,10-11H2,2-4H3/b14-6+,15-9+. The number of hydrogen-bond acceptors (Lipinski definition) is 5. The van der Waals surface area contributed by atoms with Crippen molar-refractivity contribution in [3.63, 3.8) is 0 Å². The van der Waals surface area contributed by atoms with Gasteiger partial charge in [0, 0.05) is 23.6 Å². The lowest BCUT2D eigenvalue weighted by Crippen LogP contribution is -2.34. The highest BCUT2D eigenvalue weighted by atomic mass is 16.6. The van der Waals surface area contributed by atoms with E-state index in [1.54, 1.807) is 18.2 Å². The zero-order valence-corrected chi connectivity index (χ0v) is 13.4. The van der Waals surface area contributed by atoms with Crippen molar-refractivity contribution in [2.75, 3.05) is 20.2 Å². The van der Waals surface area contributed by atoms with Crippen molar-refractivity contribution in [2.45, 2.75) is 38.8 Å². The molecule has 0 aromatic heterocycles. The topological polar surface area (TPSA) is 72.7 Å². The van der Waals surface area contributed by atoms with Crippen molar-refractivity contribution in [2.24, 2.45) is 0 Å². The minimum absolute atomic E-state index is 0.0418. The van der Waals surface area contributed by atoms with E-state index in [9.17, 15) is 14.9 Å². The number of nitro groups is 1. The molecule has 22 heavy (non-hydrogen) atoms. The SMILES string of the molecule is C=C/C=C(\C=C(/C[N+](=O)[O-])C(=O)OC)CN1C(C)CCC1C. The summed E-state index contributed by atoms with van der Waals surface area (Å²) in [6, 6.07) is 0.905. The predicted molar refractivity (Wildman–Crippen MR) is 85.1 cm³/mol. The third-order valence-electron chi connectivity index (χ3n) is 3.94. The predicted octanol–water partition coefficient (Wildman–Crippen LogP) is 2.35. The highest BCUT2D eigenvalue weighted by Gasteiger charge is 2.27. The van der Waals surface area contributed by atoms with Crippen LogP contribution in [-0.4, -0.2) is 48.1 Å². The number of carbonyl (C=O) groups is 1. The first-order chi connectivity index (χ1) is 10.4. The number of nitrogens with zero attached hydrogens (tertiary/aromatic N) is 2. The fourth-order valence-corrected chi connectivity index (χ4v) is 2.73. The molecule has 122 valence electrons. The van der Waals surface area contributed by atoms with Gasteiger partial charge >= 0.3 is 5.97 Å². The summed E-state index contributed by atoms with van der Waals surface area (Å²) in [7, 11) is 1.22. The molecule has 6 heteroatoms. The zero-order valence-electron chi connectivity index (χ0n) is 13.4. The Hall–Kier alpha value is -1.95. The lowest BCUT2D eigenvalue weighted by atomic mass is 10.1. The van der Waals surface area contributed by atoms with Gasteiger partial charge in [-0.25, -0.2) is 4.79 Å². The Morgan fingerprint density at radius 2 is 2.00 bits per heavy atom. The van der Waals surface area contributed by atoms with Crippen LogP contribution in [0.2, 0.25) is 0 Å². The highest BCUT2D eigenvalue weighted by Crippen LogP contribution is 2.25. The van der Waals surface area contributed by atoms with Crippen LogP contribution in [0.3, 0.4) is 0 Å². The van der Waals surface area contributed by atoms with Gasteiger partial charge < -0.3 is 4.74 Å². The van der Waals surface area contributed by atoms with Crippen LogP contribution >= 0.6 is 0 Å². The van der Waals surface area contributed by atoms with Crippen molar-refractivity contribution in [3.05, 3.63) is 46.1 Å². The normalized spacial score (nSPS) is 23.4. The maximum absolute atomic E-state index is 11.7. The van der Waals surface area contributed by atoms with Crippen molar-refractivity contribution in [1.82, 2.24) is 4.90 Å². The third-order valence-corrected chi connectivity index (χ3v) is 3.94. The Morgan fingerprint density at radius 1 is 1.41 bits per heavy atom. The molecule has 0 N–H and O–H groups in total. The molecule has 0 amide bonds. The molecule has 1 aliphatic rings. The Bertz CT molecular complexity index is 486. The molecule has 0 radical (unpaired) electrons. The number of ether oxygens (including phenoxy) is 1. The lowest BCUT2D eigenvalue weighted by molar-refractivity contribution is -0.470. The molecule has 1 fully saturated rings. The summed E-state index contributed by atoms with van der Waals surface area (Å²) < 4.78 is 4.63. The third kappa shape index (κ3) is 5.11. The molecule has 2 unspecified atom stereocenters. The average molecular weight is 308 g/mol. The summed E-state index contributed by atoms with van der Waals surface area (Å²) in [5, 5.41) is 10.7. The smallest absolute Gasteiger partial charge is 0.340 e. The Labute approximate surface area is 131 Å². The number of hydrogen-bond donors (Lipinski definition) is 0. The fraction of sp³-hybridized carbons (Fsp3) is 0.562. The van der Waals surface area contributed by atoms with Gasteiger partial charge in [0.1, 0.15) is 5.57 Å². The zero-order chi connectivity index (χ0) is 16.7. The van der Waals surface area contributed by atoms with Gasteiger partial charge in [0.15, 0.2) is 0 Å². The minimum atomic E-state index is -0.672.